The molecule has 2 heterocycles. The van der Waals surface area contributed by atoms with Gasteiger partial charge in [0.05, 0.1) is 16.8 Å². The highest BCUT2D eigenvalue weighted by molar-refractivity contribution is 6.33. The van der Waals surface area contributed by atoms with Gasteiger partial charge in [0, 0.05) is 29.5 Å². The van der Waals surface area contributed by atoms with Gasteiger partial charge in [0.1, 0.15) is 11.6 Å². The van der Waals surface area contributed by atoms with Crippen LogP contribution >= 0.6 is 11.6 Å². The number of halogens is 1. The van der Waals surface area contributed by atoms with Crippen LogP contribution in [0, 0.1) is 30.1 Å². The average Bonchev–Trinajstić information content (AvgIpc) is 3.41. The minimum atomic E-state index is -0.110. The first-order chi connectivity index (χ1) is 13.5. The fourth-order valence-electron chi connectivity index (χ4n) is 3.46. The molecule has 0 aliphatic heterocycles. The van der Waals surface area contributed by atoms with Gasteiger partial charge in [-0.25, -0.2) is 9.97 Å². The van der Waals surface area contributed by atoms with Crippen molar-refractivity contribution in [1.29, 1.82) is 5.26 Å². The molecule has 2 aromatic heterocycles. The van der Waals surface area contributed by atoms with Crippen molar-refractivity contribution in [3.8, 4) is 17.3 Å². The lowest BCUT2D eigenvalue weighted by Gasteiger charge is -2.11. The summed E-state index contributed by atoms with van der Waals surface area (Å²) in [6, 6.07) is 11.5. The van der Waals surface area contributed by atoms with E-state index in [0.717, 1.165) is 22.9 Å². The van der Waals surface area contributed by atoms with E-state index in [9.17, 15) is 4.79 Å². The second-order valence-corrected chi connectivity index (χ2v) is 7.48. The van der Waals surface area contributed by atoms with Crippen molar-refractivity contribution in [2.24, 2.45) is 11.8 Å². The number of nitriles is 1. The number of nitrogens with two attached hydrogens (primary N) is 1. The molecule has 0 spiro atoms. The zero-order chi connectivity index (χ0) is 19.8. The zero-order valence-electron chi connectivity index (χ0n) is 15.2. The monoisotopic (exact) mass is 391 g/mol. The molecule has 4 rings (SSSR count). The third kappa shape index (κ3) is 3.37. The van der Waals surface area contributed by atoms with E-state index in [-0.39, 0.29) is 17.7 Å². The lowest BCUT2D eigenvalue weighted by atomic mass is 10.0. The molecule has 0 saturated heterocycles. The number of aromatic nitrogens is 2. The Hall–Kier alpha value is -3.17. The van der Waals surface area contributed by atoms with Crippen molar-refractivity contribution in [3.63, 3.8) is 0 Å². The van der Waals surface area contributed by atoms with Gasteiger partial charge in [0.2, 0.25) is 5.91 Å². The second-order valence-electron chi connectivity index (χ2n) is 7.07. The predicted molar refractivity (Wildman–Crippen MR) is 110 cm³/mol. The quantitative estimate of drug-likeness (QED) is 0.688. The molecule has 7 heteroatoms. The van der Waals surface area contributed by atoms with Crippen molar-refractivity contribution < 1.29 is 4.79 Å². The van der Waals surface area contributed by atoms with E-state index in [1.165, 1.54) is 0 Å². The molecule has 0 unspecified atom stereocenters. The van der Waals surface area contributed by atoms with Gasteiger partial charge in [-0.3, -0.25) is 4.79 Å². The molecule has 1 aliphatic rings. The maximum absolute atomic E-state index is 12.3. The molecule has 0 bridgehead atoms. The summed E-state index contributed by atoms with van der Waals surface area (Å²) in [4.78, 5) is 21.1. The fraction of sp³-hybridized carbons (Fsp3) is 0.238. The van der Waals surface area contributed by atoms with Crippen LogP contribution in [0.5, 0.6) is 0 Å². The Morgan fingerprint density at radius 3 is 3.00 bits per heavy atom. The summed E-state index contributed by atoms with van der Waals surface area (Å²) in [5.74, 6) is 0.749. The maximum atomic E-state index is 12.3. The van der Waals surface area contributed by atoms with Crippen LogP contribution in [0.15, 0.2) is 36.5 Å². The molecule has 3 N–H and O–H groups in total. The van der Waals surface area contributed by atoms with Crippen LogP contribution in [0.25, 0.3) is 22.0 Å². The summed E-state index contributed by atoms with van der Waals surface area (Å²) in [5.41, 5.74) is 8.65. The standard InChI is InChI=1S/C21H18ClN5O/c1-11-3-2-4-16(22)19(11)17-8-13-9-18(25-10-15(13)20(24)26-17)27-21(28)14-7-12(14)5-6-23/h2-4,8-10,12,14H,5,7H2,1H3,(H2,24,26)(H,25,27,28)/t12-,14-/m0/s1. The first-order valence-corrected chi connectivity index (χ1v) is 9.35. The molecule has 1 aliphatic carbocycles. The number of pyridine rings is 2. The van der Waals surface area contributed by atoms with E-state index < -0.39 is 0 Å². The second kappa shape index (κ2) is 7.10. The van der Waals surface area contributed by atoms with E-state index in [2.05, 4.69) is 21.4 Å². The van der Waals surface area contributed by atoms with E-state index in [1.54, 1.807) is 12.3 Å². The predicted octanol–water partition coefficient (Wildman–Crippen LogP) is 4.33. The number of amides is 1. The number of carbonyl (C=O) groups is 1. The number of fused-ring (bicyclic) bond motifs is 1. The molecular weight excluding hydrogens is 374 g/mol. The Morgan fingerprint density at radius 1 is 1.43 bits per heavy atom. The summed E-state index contributed by atoms with van der Waals surface area (Å²) in [5, 5.41) is 13.7. The number of aryl methyl sites for hydroxylation is 1. The number of rotatable bonds is 4. The molecule has 1 saturated carbocycles. The summed E-state index contributed by atoms with van der Waals surface area (Å²) >= 11 is 6.38. The van der Waals surface area contributed by atoms with Crippen LogP contribution in [-0.4, -0.2) is 15.9 Å². The minimum Gasteiger partial charge on any atom is -0.383 e. The van der Waals surface area contributed by atoms with Crippen LogP contribution in [0.4, 0.5) is 11.6 Å². The molecule has 1 fully saturated rings. The van der Waals surface area contributed by atoms with E-state index in [4.69, 9.17) is 22.6 Å². The van der Waals surface area contributed by atoms with Gasteiger partial charge in [-0.1, -0.05) is 23.7 Å². The van der Waals surface area contributed by atoms with Crippen LogP contribution in [0.2, 0.25) is 5.02 Å². The van der Waals surface area contributed by atoms with Gasteiger partial charge in [-0.15, -0.1) is 0 Å². The Labute approximate surface area is 167 Å². The average molecular weight is 392 g/mol. The minimum absolute atomic E-state index is 0.101. The number of benzene rings is 1. The smallest absolute Gasteiger partial charge is 0.228 e. The third-order valence-corrected chi connectivity index (χ3v) is 5.40. The summed E-state index contributed by atoms with van der Waals surface area (Å²) in [6.45, 7) is 1.97. The van der Waals surface area contributed by atoms with E-state index >= 15 is 0 Å². The van der Waals surface area contributed by atoms with Crippen molar-refractivity contribution in [2.75, 3.05) is 11.1 Å². The number of nitrogen functional groups attached to an aromatic ring is 1. The Bertz CT molecular complexity index is 1120. The van der Waals surface area contributed by atoms with Crippen LogP contribution in [-0.2, 0) is 4.79 Å². The molecule has 1 aromatic carbocycles. The van der Waals surface area contributed by atoms with Gasteiger partial charge in [-0.2, -0.15) is 5.26 Å². The number of nitrogens with zero attached hydrogens (tertiary/aromatic N) is 3. The van der Waals surface area contributed by atoms with Crippen LogP contribution in [0.3, 0.4) is 0 Å². The molecule has 3 aromatic rings. The number of anilines is 2. The highest BCUT2D eigenvalue weighted by Crippen LogP contribution is 2.41. The SMILES string of the molecule is Cc1cccc(Cl)c1-c1cc2cc(NC(=O)[C@H]3C[C@@H]3CC#N)ncc2c(N)n1. The Morgan fingerprint density at radius 2 is 2.25 bits per heavy atom. The molecular formula is C21H18ClN5O. The molecule has 2 atom stereocenters. The number of hydrogen-bond acceptors (Lipinski definition) is 5. The molecule has 140 valence electrons. The van der Waals surface area contributed by atoms with Gasteiger partial charge in [-0.05, 0) is 48.4 Å². The normalized spacial score (nSPS) is 17.9. The van der Waals surface area contributed by atoms with Crippen molar-refractivity contribution in [3.05, 3.63) is 47.1 Å². The topological polar surface area (TPSA) is 105 Å². The summed E-state index contributed by atoms with van der Waals surface area (Å²) < 4.78 is 0. The van der Waals surface area contributed by atoms with Crippen molar-refractivity contribution in [2.45, 2.75) is 19.8 Å². The number of carbonyl (C=O) groups excluding carboxylic acids is 1. The number of hydrogen-bond donors (Lipinski definition) is 2. The van der Waals surface area contributed by atoms with Crippen molar-refractivity contribution in [1.82, 2.24) is 9.97 Å². The van der Waals surface area contributed by atoms with Gasteiger partial charge < -0.3 is 11.1 Å². The Kier molecular flexibility index (Phi) is 4.62. The largest absolute Gasteiger partial charge is 0.383 e. The highest BCUT2D eigenvalue weighted by atomic mass is 35.5. The third-order valence-electron chi connectivity index (χ3n) is 5.09. The fourth-order valence-corrected chi connectivity index (χ4v) is 3.78. The number of nitrogens with one attached hydrogen (secondary N) is 1. The van der Waals surface area contributed by atoms with E-state index in [1.807, 2.05) is 31.2 Å². The summed E-state index contributed by atoms with van der Waals surface area (Å²) in [6.07, 6.45) is 2.77. The molecule has 28 heavy (non-hydrogen) atoms. The Balaban J connectivity index is 1.67. The molecule has 6 nitrogen and oxygen atoms in total. The lowest BCUT2D eigenvalue weighted by molar-refractivity contribution is -0.117. The molecule has 0 radical (unpaired) electrons. The van der Waals surface area contributed by atoms with Crippen LogP contribution < -0.4 is 11.1 Å². The summed E-state index contributed by atoms with van der Waals surface area (Å²) in [7, 11) is 0. The first kappa shape index (κ1) is 18.2. The van der Waals surface area contributed by atoms with Gasteiger partial charge in [0.25, 0.3) is 0 Å². The highest BCUT2D eigenvalue weighted by Gasteiger charge is 2.42. The van der Waals surface area contributed by atoms with Crippen molar-refractivity contribution >= 4 is 39.9 Å². The van der Waals surface area contributed by atoms with Gasteiger partial charge >= 0.3 is 0 Å². The lowest BCUT2D eigenvalue weighted by Crippen LogP contribution is -2.15. The first-order valence-electron chi connectivity index (χ1n) is 8.97. The maximum Gasteiger partial charge on any atom is 0.228 e. The zero-order valence-corrected chi connectivity index (χ0v) is 16.0. The van der Waals surface area contributed by atoms with Gasteiger partial charge in [0.15, 0.2) is 0 Å². The van der Waals surface area contributed by atoms with E-state index in [0.29, 0.717) is 34.2 Å². The molecule has 1 amide bonds. The van der Waals surface area contributed by atoms with Crippen LogP contribution in [0.1, 0.15) is 18.4 Å².